The Bertz CT molecular complexity index is 891. The molecule has 0 aliphatic rings. The van der Waals surface area contributed by atoms with Crippen molar-refractivity contribution in [2.75, 3.05) is 0 Å². The van der Waals surface area contributed by atoms with Crippen LogP contribution in [-0.2, 0) is 0 Å². The van der Waals surface area contributed by atoms with Crippen LogP contribution in [-0.4, -0.2) is 26.1 Å². The molecule has 0 fully saturated rings. The van der Waals surface area contributed by atoms with Crippen molar-refractivity contribution in [1.29, 1.82) is 0 Å². The van der Waals surface area contributed by atoms with Crippen molar-refractivity contribution in [2.45, 2.75) is 0 Å². The van der Waals surface area contributed by atoms with Crippen molar-refractivity contribution in [3.63, 3.8) is 0 Å². The number of aldehydes is 1. The molecule has 0 spiro atoms. The van der Waals surface area contributed by atoms with Gasteiger partial charge in [-0.15, -0.1) is 10.2 Å². The molecule has 102 valence electrons. The van der Waals surface area contributed by atoms with E-state index in [1.807, 2.05) is 24.3 Å². The molecule has 4 rings (SSSR count). The summed E-state index contributed by atoms with van der Waals surface area (Å²) in [6.07, 6.45) is 2.27. The molecule has 0 bridgehead atoms. The molecule has 0 aliphatic heterocycles. The highest BCUT2D eigenvalue weighted by atomic mass is 32.1. The van der Waals surface area contributed by atoms with Crippen LogP contribution in [0, 0.1) is 0 Å². The van der Waals surface area contributed by atoms with Gasteiger partial charge in [-0.05, 0) is 12.1 Å². The maximum absolute atomic E-state index is 10.6. The Morgan fingerprint density at radius 3 is 2.62 bits per heavy atom. The molecule has 0 amide bonds. The molecule has 3 heterocycles. The minimum absolute atomic E-state index is 0.322. The second-order valence-electron chi connectivity index (χ2n) is 4.36. The third kappa shape index (κ3) is 2.03. The number of hydrogen-bond acceptors (Lipinski definition) is 6. The summed E-state index contributed by atoms with van der Waals surface area (Å²) < 4.78 is 7.05. The standard InChI is InChI=1S/C14H8N4O2S/c19-7-11-5-6-12(20-11)9-1-3-10(4-2-9)13-17-18-8-15-16-14(18)21-13/h1-8H. The summed E-state index contributed by atoms with van der Waals surface area (Å²) in [5.74, 6) is 0.990. The van der Waals surface area contributed by atoms with Crippen molar-refractivity contribution < 1.29 is 9.21 Å². The third-order valence-corrected chi connectivity index (χ3v) is 4.01. The Morgan fingerprint density at radius 1 is 1.10 bits per heavy atom. The first kappa shape index (κ1) is 12.0. The molecule has 4 aromatic rings. The van der Waals surface area contributed by atoms with Gasteiger partial charge >= 0.3 is 0 Å². The van der Waals surface area contributed by atoms with E-state index in [-0.39, 0.29) is 0 Å². The molecule has 0 saturated heterocycles. The van der Waals surface area contributed by atoms with Gasteiger partial charge in [0.15, 0.2) is 12.0 Å². The van der Waals surface area contributed by atoms with E-state index in [1.165, 1.54) is 11.3 Å². The van der Waals surface area contributed by atoms with Crippen LogP contribution in [0.4, 0.5) is 0 Å². The molecule has 1 aromatic carbocycles. The van der Waals surface area contributed by atoms with Crippen LogP contribution in [0.15, 0.2) is 47.1 Å². The van der Waals surface area contributed by atoms with Gasteiger partial charge in [-0.25, -0.2) is 0 Å². The van der Waals surface area contributed by atoms with Gasteiger partial charge in [0.05, 0.1) is 0 Å². The average Bonchev–Trinajstić information content (AvgIpc) is 3.22. The highest BCUT2D eigenvalue weighted by Gasteiger charge is 2.09. The number of nitrogens with zero attached hydrogens (tertiary/aromatic N) is 4. The quantitative estimate of drug-likeness (QED) is 0.543. The van der Waals surface area contributed by atoms with Gasteiger partial charge in [0.1, 0.15) is 17.1 Å². The van der Waals surface area contributed by atoms with Crippen LogP contribution < -0.4 is 0 Å². The van der Waals surface area contributed by atoms with E-state index in [0.29, 0.717) is 17.8 Å². The predicted molar refractivity (Wildman–Crippen MR) is 77.2 cm³/mol. The Morgan fingerprint density at radius 2 is 1.90 bits per heavy atom. The summed E-state index contributed by atoms with van der Waals surface area (Å²) in [5, 5.41) is 13.0. The fourth-order valence-corrected chi connectivity index (χ4v) is 2.85. The summed E-state index contributed by atoms with van der Waals surface area (Å²) in [7, 11) is 0. The molecule has 6 nitrogen and oxygen atoms in total. The fourth-order valence-electron chi connectivity index (χ4n) is 2.02. The number of carbonyl (C=O) groups excluding carboxylic acids is 1. The van der Waals surface area contributed by atoms with Gasteiger partial charge in [0.25, 0.3) is 0 Å². The lowest BCUT2D eigenvalue weighted by Gasteiger charge is -1.99. The van der Waals surface area contributed by atoms with E-state index in [2.05, 4.69) is 15.3 Å². The Kier molecular flexibility index (Phi) is 2.65. The van der Waals surface area contributed by atoms with Gasteiger partial charge in [0.2, 0.25) is 4.96 Å². The fraction of sp³-hybridized carbons (Fsp3) is 0. The summed E-state index contributed by atoms with van der Waals surface area (Å²) in [6, 6.07) is 11.2. The highest BCUT2D eigenvalue weighted by Crippen LogP contribution is 2.28. The summed E-state index contributed by atoms with van der Waals surface area (Å²) in [5.41, 5.74) is 1.91. The van der Waals surface area contributed by atoms with E-state index in [1.54, 1.807) is 23.0 Å². The van der Waals surface area contributed by atoms with E-state index in [4.69, 9.17) is 4.42 Å². The minimum Gasteiger partial charge on any atom is -0.453 e. The number of benzene rings is 1. The summed E-state index contributed by atoms with van der Waals surface area (Å²) >= 11 is 1.47. The predicted octanol–water partition coefficient (Wildman–Crippen LogP) is 2.93. The van der Waals surface area contributed by atoms with Crippen LogP contribution in [0.25, 0.3) is 26.9 Å². The summed E-state index contributed by atoms with van der Waals surface area (Å²) in [4.78, 5) is 11.4. The molecule has 7 heteroatoms. The Hall–Kier alpha value is -2.80. The zero-order valence-electron chi connectivity index (χ0n) is 10.6. The first-order valence-electron chi connectivity index (χ1n) is 6.16. The molecule has 0 radical (unpaired) electrons. The van der Waals surface area contributed by atoms with Crippen molar-refractivity contribution in [1.82, 2.24) is 19.8 Å². The maximum atomic E-state index is 10.6. The lowest BCUT2D eigenvalue weighted by molar-refractivity contribution is 0.110. The number of fused-ring (bicyclic) bond motifs is 1. The van der Waals surface area contributed by atoms with Crippen molar-refractivity contribution in [2.24, 2.45) is 0 Å². The molecule has 3 aromatic heterocycles. The molecule has 0 atom stereocenters. The molecular formula is C14H8N4O2S. The smallest absolute Gasteiger partial charge is 0.234 e. The van der Waals surface area contributed by atoms with E-state index >= 15 is 0 Å². The SMILES string of the molecule is O=Cc1ccc(-c2ccc(-c3nn4cnnc4s3)cc2)o1. The number of carbonyl (C=O) groups is 1. The van der Waals surface area contributed by atoms with Gasteiger partial charge in [0, 0.05) is 11.1 Å². The van der Waals surface area contributed by atoms with Crippen LogP contribution in [0.5, 0.6) is 0 Å². The third-order valence-electron chi connectivity index (χ3n) is 3.05. The normalized spacial score (nSPS) is 11.0. The first-order valence-corrected chi connectivity index (χ1v) is 6.98. The zero-order valence-corrected chi connectivity index (χ0v) is 11.4. The van der Waals surface area contributed by atoms with E-state index in [9.17, 15) is 4.79 Å². The summed E-state index contributed by atoms with van der Waals surface area (Å²) in [6.45, 7) is 0. The van der Waals surface area contributed by atoms with Crippen molar-refractivity contribution >= 4 is 22.6 Å². The Balaban J connectivity index is 1.69. The van der Waals surface area contributed by atoms with Gasteiger partial charge in [-0.3, -0.25) is 4.79 Å². The zero-order chi connectivity index (χ0) is 14.2. The number of aromatic nitrogens is 4. The first-order chi connectivity index (χ1) is 10.3. The molecule has 0 unspecified atom stereocenters. The van der Waals surface area contributed by atoms with Crippen LogP contribution in [0.2, 0.25) is 0 Å². The van der Waals surface area contributed by atoms with Crippen LogP contribution in [0.3, 0.4) is 0 Å². The molecular weight excluding hydrogens is 288 g/mol. The Labute approximate surface area is 122 Å². The highest BCUT2D eigenvalue weighted by molar-refractivity contribution is 7.19. The van der Waals surface area contributed by atoms with Crippen molar-refractivity contribution in [3.8, 4) is 21.9 Å². The minimum atomic E-state index is 0.322. The van der Waals surface area contributed by atoms with Crippen molar-refractivity contribution in [3.05, 3.63) is 48.5 Å². The molecule has 21 heavy (non-hydrogen) atoms. The monoisotopic (exact) mass is 296 g/mol. The van der Waals surface area contributed by atoms with Crippen LogP contribution >= 0.6 is 11.3 Å². The average molecular weight is 296 g/mol. The van der Waals surface area contributed by atoms with Crippen LogP contribution in [0.1, 0.15) is 10.6 Å². The number of furan rings is 1. The number of rotatable bonds is 3. The van der Waals surface area contributed by atoms with Gasteiger partial charge in [-0.2, -0.15) is 9.61 Å². The van der Waals surface area contributed by atoms with E-state index < -0.39 is 0 Å². The lowest BCUT2D eigenvalue weighted by Crippen LogP contribution is -1.82. The van der Waals surface area contributed by atoms with E-state index in [0.717, 1.165) is 21.1 Å². The number of hydrogen-bond donors (Lipinski definition) is 0. The second-order valence-corrected chi connectivity index (χ2v) is 5.32. The molecule has 0 aliphatic carbocycles. The maximum Gasteiger partial charge on any atom is 0.234 e. The topological polar surface area (TPSA) is 73.3 Å². The lowest BCUT2D eigenvalue weighted by atomic mass is 10.1. The second kappa shape index (κ2) is 4.64. The largest absolute Gasteiger partial charge is 0.453 e. The van der Waals surface area contributed by atoms with Gasteiger partial charge in [-0.1, -0.05) is 35.6 Å². The van der Waals surface area contributed by atoms with Gasteiger partial charge < -0.3 is 4.42 Å². The molecule has 0 N–H and O–H groups in total. The molecule has 0 saturated carbocycles.